The smallest absolute Gasteiger partial charge is 0.269 e. The molecule has 7 aromatic carbocycles. The van der Waals surface area contributed by atoms with Gasteiger partial charge in [0, 0.05) is 84.0 Å². The molecule has 2 aliphatic heterocycles. The molecular formula is C62H48N4O2P2S4. The first-order valence-corrected chi connectivity index (χ1v) is 31.0. The van der Waals surface area contributed by atoms with E-state index in [9.17, 15) is 0 Å². The molecule has 2 aliphatic rings. The summed E-state index contributed by atoms with van der Waals surface area (Å²) in [5, 5.41) is 1.22. The minimum Gasteiger partial charge on any atom is -0.269 e. The van der Waals surface area contributed by atoms with Crippen LogP contribution in [-0.2, 0) is 9.13 Å². The summed E-state index contributed by atoms with van der Waals surface area (Å²) in [6.07, 6.45) is 0. The highest BCUT2D eigenvalue weighted by Gasteiger charge is 2.54. The van der Waals surface area contributed by atoms with Gasteiger partial charge in [0.25, 0.3) is 0 Å². The van der Waals surface area contributed by atoms with Gasteiger partial charge in [0.2, 0.25) is 0 Å². The monoisotopic (exact) mass is 1070 g/mol. The van der Waals surface area contributed by atoms with Gasteiger partial charge in [-0.15, -0.1) is 45.3 Å². The number of anilines is 8. The van der Waals surface area contributed by atoms with E-state index in [1.807, 2.05) is 97.1 Å². The standard InChI is InChI=1S/C62H48N4O2P2S4/c1-41-25-37-55(71-41)51-33-34-52(56-38-26-42(2)72-56)60-59(51)63(45-17-9-5-10-18-45)69(67,64(60)46-19-11-6-12-20-46)49-29-31-50(32-30-49)70(68)65(47-21-13-7-14-22-47)61-53(57-39-27-43(3)73-57)35-36-54(58-40-28-44(4)74-58)62(61)66(70)48-23-15-8-16-24-48/h5-40H,1-4H3. The van der Waals surface area contributed by atoms with E-state index in [4.69, 9.17) is 0 Å². The second-order valence-electron chi connectivity index (χ2n) is 18.6. The van der Waals surface area contributed by atoms with Crippen LogP contribution in [-0.4, -0.2) is 0 Å². The minimum atomic E-state index is -3.96. The van der Waals surface area contributed by atoms with Crippen molar-refractivity contribution in [2.24, 2.45) is 0 Å². The van der Waals surface area contributed by atoms with Crippen molar-refractivity contribution >= 4 is 116 Å². The molecule has 0 aliphatic carbocycles. The van der Waals surface area contributed by atoms with Gasteiger partial charge in [-0.25, -0.2) is 0 Å². The average molecular weight is 1070 g/mol. The van der Waals surface area contributed by atoms with E-state index in [2.05, 4.69) is 168 Å². The van der Waals surface area contributed by atoms with Gasteiger partial charge >= 0.3 is 14.9 Å². The summed E-state index contributed by atoms with van der Waals surface area (Å²) in [7, 11) is -7.92. The van der Waals surface area contributed by atoms with E-state index in [1.54, 1.807) is 45.3 Å². The SMILES string of the molecule is Cc1ccc(-c2ccc(-c3ccc(C)s3)c3c2N(c2ccccc2)P(=O)(c2ccc(P4(=O)N(c5ccccc5)c5c(-c6ccc(C)s6)ccc(-c6ccc(C)s6)c5N4c4ccccc4)cc2)N3c2ccccc2)s1. The van der Waals surface area contributed by atoms with E-state index in [0.717, 1.165) is 87.3 Å². The van der Waals surface area contributed by atoms with E-state index >= 15 is 9.13 Å². The molecule has 11 aromatic rings. The Morgan fingerprint density at radius 3 is 0.676 bits per heavy atom. The molecule has 0 saturated heterocycles. The number of aryl methyl sites for hydroxylation is 4. The molecule has 0 bridgehead atoms. The quantitative estimate of drug-likeness (QED) is 0.127. The van der Waals surface area contributed by atoms with Gasteiger partial charge in [-0.1, -0.05) is 97.1 Å². The van der Waals surface area contributed by atoms with Crippen molar-refractivity contribution in [3.8, 4) is 41.8 Å². The number of benzene rings is 7. The Hall–Kier alpha value is -7.00. The highest BCUT2D eigenvalue weighted by molar-refractivity contribution is 7.77. The molecule has 74 heavy (non-hydrogen) atoms. The zero-order chi connectivity index (χ0) is 50.3. The summed E-state index contributed by atoms with van der Waals surface area (Å²) >= 11 is 6.96. The number of nitrogens with zero attached hydrogens (tertiary/aromatic N) is 4. The van der Waals surface area contributed by atoms with Crippen molar-refractivity contribution < 1.29 is 9.13 Å². The molecule has 12 heteroatoms. The summed E-state index contributed by atoms with van der Waals surface area (Å²) in [4.78, 5) is 9.18. The minimum absolute atomic E-state index is 0.608. The summed E-state index contributed by atoms with van der Waals surface area (Å²) in [6, 6.07) is 74.9. The second-order valence-corrected chi connectivity index (χ2v) is 28.5. The predicted octanol–water partition coefficient (Wildman–Crippen LogP) is 19.5. The van der Waals surface area contributed by atoms with Crippen LogP contribution in [0.15, 0.2) is 218 Å². The Balaban J connectivity index is 1.08. The first kappa shape index (κ1) is 46.8. The fourth-order valence-electron chi connectivity index (χ4n) is 10.6. The lowest BCUT2D eigenvalue weighted by Crippen LogP contribution is -2.30. The Morgan fingerprint density at radius 2 is 0.486 bits per heavy atom. The molecule has 362 valence electrons. The molecule has 13 rings (SSSR count). The molecule has 0 unspecified atom stereocenters. The summed E-state index contributed by atoms with van der Waals surface area (Å²) in [5.74, 6) is 0. The normalized spacial score (nSPS) is 14.4. The number of para-hydroxylation sites is 4. The van der Waals surface area contributed by atoms with Gasteiger partial charge in [0.1, 0.15) is 0 Å². The zero-order valence-electron chi connectivity index (χ0n) is 40.9. The summed E-state index contributed by atoms with van der Waals surface area (Å²) in [5.41, 5.74) is 10.8. The third kappa shape index (κ3) is 7.45. The maximum absolute atomic E-state index is 17.8. The summed E-state index contributed by atoms with van der Waals surface area (Å²) < 4.78 is 44.0. The number of hydrogen-bond acceptors (Lipinski definition) is 6. The molecular weight excluding hydrogens is 1020 g/mol. The number of thiophene rings is 4. The van der Waals surface area contributed by atoms with E-state index < -0.39 is 14.9 Å². The van der Waals surface area contributed by atoms with Crippen LogP contribution in [0, 0.1) is 27.7 Å². The van der Waals surface area contributed by atoms with Gasteiger partial charge in [-0.3, -0.25) is 27.8 Å². The van der Waals surface area contributed by atoms with Crippen LogP contribution in [0.25, 0.3) is 41.8 Å². The Labute approximate surface area is 448 Å². The molecule has 0 spiro atoms. The van der Waals surface area contributed by atoms with Crippen molar-refractivity contribution in [2.75, 3.05) is 18.7 Å². The Kier molecular flexibility index (Phi) is 11.6. The van der Waals surface area contributed by atoms with Gasteiger partial charge in [-0.05, 0) is 149 Å². The van der Waals surface area contributed by atoms with Crippen molar-refractivity contribution in [1.29, 1.82) is 0 Å². The number of rotatable bonds is 10. The lowest BCUT2D eigenvalue weighted by Gasteiger charge is -2.35. The molecule has 0 radical (unpaired) electrons. The number of hydrogen-bond donors (Lipinski definition) is 0. The van der Waals surface area contributed by atoms with Crippen LogP contribution in [0.3, 0.4) is 0 Å². The molecule has 0 atom stereocenters. The second kappa shape index (κ2) is 18.4. The highest BCUT2D eigenvalue weighted by Crippen LogP contribution is 2.75. The van der Waals surface area contributed by atoms with Crippen molar-refractivity contribution in [3.63, 3.8) is 0 Å². The lowest BCUT2D eigenvalue weighted by atomic mass is 10.0. The third-order valence-electron chi connectivity index (χ3n) is 13.8. The maximum atomic E-state index is 17.8. The molecule has 0 N–H and O–H groups in total. The molecule has 6 nitrogen and oxygen atoms in total. The van der Waals surface area contributed by atoms with Gasteiger partial charge in [-0.2, -0.15) is 0 Å². The van der Waals surface area contributed by atoms with Gasteiger partial charge < -0.3 is 0 Å². The van der Waals surface area contributed by atoms with Gasteiger partial charge in [0.15, 0.2) is 0 Å². The van der Waals surface area contributed by atoms with Crippen LogP contribution in [0.5, 0.6) is 0 Å². The van der Waals surface area contributed by atoms with Crippen LogP contribution in [0.2, 0.25) is 0 Å². The van der Waals surface area contributed by atoms with Crippen LogP contribution < -0.4 is 29.3 Å². The number of fused-ring (bicyclic) bond motifs is 2. The zero-order valence-corrected chi connectivity index (χ0v) is 46.0. The topological polar surface area (TPSA) is 47.1 Å². The Morgan fingerprint density at radius 1 is 0.270 bits per heavy atom. The van der Waals surface area contributed by atoms with Crippen LogP contribution in [0.4, 0.5) is 45.5 Å². The molecule has 6 heterocycles. The third-order valence-corrected chi connectivity index (χ3v) is 23.8. The van der Waals surface area contributed by atoms with Crippen molar-refractivity contribution in [2.45, 2.75) is 27.7 Å². The lowest BCUT2D eigenvalue weighted by molar-refractivity contribution is 0.581. The van der Waals surface area contributed by atoms with Crippen molar-refractivity contribution in [3.05, 3.63) is 238 Å². The predicted molar refractivity (Wildman–Crippen MR) is 320 cm³/mol. The molecule has 0 fully saturated rings. The average Bonchev–Trinajstić information content (AvgIpc) is 4.32. The van der Waals surface area contributed by atoms with Crippen molar-refractivity contribution in [1.82, 2.24) is 0 Å². The summed E-state index contributed by atoms with van der Waals surface area (Å²) in [6.45, 7) is 8.54. The fourth-order valence-corrected chi connectivity index (χ4v) is 20.2. The van der Waals surface area contributed by atoms with Crippen LogP contribution >= 0.6 is 60.2 Å². The molecule has 0 saturated carbocycles. The first-order valence-electron chi connectivity index (χ1n) is 24.5. The van der Waals surface area contributed by atoms with Crippen LogP contribution in [0.1, 0.15) is 19.5 Å². The Bertz CT molecular complexity index is 3510. The molecule has 0 amide bonds. The van der Waals surface area contributed by atoms with E-state index in [-0.39, 0.29) is 0 Å². The maximum Gasteiger partial charge on any atom is 0.301 e. The van der Waals surface area contributed by atoms with E-state index in [0.29, 0.717) is 10.6 Å². The van der Waals surface area contributed by atoms with E-state index in [1.165, 1.54) is 19.5 Å². The highest BCUT2D eigenvalue weighted by atomic mass is 32.1. The van der Waals surface area contributed by atoms with Gasteiger partial charge in [0.05, 0.1) is 33.4 Å². The largest absolute Gasteiger partial charge is 0.301 e. The molecule has 4 aromatic heterocycles. The first-order chi connectivity index (χ1) is 36.1. The fraction of sp³-hybridized carbons (Fsp3) is 0.0645.